The molecule has 0 aliphatic carbocycles. The van der Waals surface area contributed by atoms with Gasteiger partial charge in [-0.25, -0.2) is 4.68 Å². The summed E-state index contributed by atoms with van der Waals surface area (Å²) in [5, 5.41) is 7.48. The first-order valence-corrected chi connectivity index (χ1v) is 8.59. The zero-order chi connectivity index (χ0) is 17.4. The lowest BCUT2D eigenvalue weighted by molar-refractivity contribution is -0.0304. The van der Waals surface area contributed by atoms with Crippen LogP contribution in [0.25, 0.3) is 6.20 Å². The van der Waals surface area contributed by atoms with Crippen molar-refractivity contribution in [3.63, 3.8) is 0 Å². The summed E-state index contributed by atoms with van der Waals surface area (Å²) < 4.78 is 7.93. The molecular formula is C19H22N4O2. The van der Waals surface area contributed by atoms with Gasteiger partial charge in [0.25, 0.3) is 5.91 Å². The number of rotatable bonds is 3. The Morgan fingerprint density at radius 3 is 2.84 bits per heavy atom. The summed E-state index contributed by atoms with van der Waals surface area (Å²) in [4.78, 5) is 14.8. The molecular weight excluding hydrogens is 316 g/mol. The number of para-hydroxylation sites is 1. The summed E-state index contributed by atoms with van der Waals surface area (Å²) in [6.45, 7) is 8.33. The second-order valence-electron chi connectivity index (χ2n) is 6.73. The molecule has 130 valence electrons. The number of nitrogens with one attached hydrogen (secondary N) is 1. The zero-order valence-electron chi connectivity index (χ0n) is 14.4. The molecule has 0 radical (unpaired) electrons. The molecule has 4 rings (SSSR count). The fourth-order valence-corrected chi connectivity index (χ4v) is 3.56. The van der Waals surface area contributed by atoms with E-state index in [1.807, 2.05) is 31.3 Å². The van der Waals surface area contributed by atoms with E-state index in [9.17, 15) is 4.79 Å². The molecule has 2 aromatic rings. The topological polar surface area (TPSA) is 59.4 Å². The number of aryl methyl sites for hydroxylation is 1. The third kappa shape index (κ3) is 2.93. The summed E-state index contributed by atoms with van der Waals surface area (Å²) >= 11 is 0. The molecule has 25 heavy (non-hydrogen) atoms. The summed E-state index contributed by atoms with van der Waals surface area (Å²) in [5.41, 5.74) is 2.26. The molecule has 0 atom stereocenters. The molecule has 6 nitrogen and oxygen atoms in total. The first kappa shape index (κ1) is 15.9. The molecule has 6 heteroatoms. The third-order valence-electron chi connectivity index (χ3n) is 5.04. The van der Waals surface area contributed by atoms with E-state index in [4.69, 9.17) is 4.74 Å². The van der Waals surface area contributed by atoms with Crippen LogP contribution in [0.15, 0.2) is 37.0 Å². The number of benzene rings is 1. The van der Waals surface area contributed by atoms with Crippen molar-refractivity contribution in [1.82, 2.24) is 20.0 Å². The normalized spacial score (nSPS) is 19.2. The average Bonchev–Trinajstić information content (AvgIpc) is 2.97. The Morgan fingerprint density at radius 2 is 2.12 bits per heavy atom. The standard InChI is InChI=1S/C19H22N4O2/c1-3-23-13-15(14(2)21-23)12-22-10-8-19(9-11-22)20-18(24)16-6-4-5-7-17(16)25-19/h3-7,13H,1,8-12H2,2H3,(H,20,24). The van der Waals surface area contributed by atoms with Crippen LogP contribution in [0.3, 0.4) is 0 Å². The molecule has 2 aliphatic heterocycles. The molecule has 1 aromatic heterocycles. The van der Waals surface area contributed by atoms with Crippen LogP contribution in [0.1, 0.15) is 34.5 Å². The summed E-state index contributed by atoms with van der Waals surface area (Å²) in [7, 11) is 0. The van der Waals surface area contributed by atoms with Gasteiger partial charge in [0, 0.05) is 50.4 Å². The predicted molar refractivity (Wildman–Crippen MR) is 95.1 cm³/mol. The Bertz CT molecular complexity index is 819. The molecule has 0 bridgehead atoms. The minimum absolute atomic E-state index is 0.0431. The average molecular weight is 338 g/mol. The van der Waals surface area contributed by atoms with Crippen molar-refractivity contribution in [2.24, 2.45) is 0 Å². The van der Waals surface area contributed by atoms with E-state index in [2.05, 4.69) is 21.9 Å². The van der Waals surface area contributed by atoms with Crippen LogP contribution in [-0.4, -0.2) is 39.4 Å². The number of piperidine rings is 1. The summed E-state index contributed by atoms with van der Waals surface area (Å²) in [6.07, 6.45) is 5.25. The molecule has 1 spiro atoms. The van der Waals surface area contributed by atoms with E-state index >= 15 is 0 Å². The van der Waals surface area contributed by atoms with Crippen LogP contribution in [0, 0.1) is 6.92 Å². The molecule has 1 amide bonds. The highest BCUT2D eigenvalue weighted by Gasteiger charge is 2.42. The Morgan fingerprint density at radius 1 is 1.36 bits per heavy atom. The van der Waals surface area contributed by atoms with Gasteiger partial charge in [-0.05, 0) is 19.1 Å². The summed E-state index contributed by atoms with van der Waals surface area (Å²) in [6, 6.07) is 7.43. The van der Waals surface area contributed by atoms with Gasteiger partial charge in [0.1, 0.15) is 5.75 Å². The molecule has 1 aromatic carbocycles. The van der Waals surface area contributed by atoms with Crippen LogP contribution in [0.5, 0.6) is 5.75 Å². The monoisotopic (exact) mass is 338 g/mol. The van der Waals surface area contributed by atoms with Crippen LogP contribution < -0.4 is 10.1 Å². The maximum Gasteiger partial charge on any atom is 0.258 e. The lowest BCUT2D eigenvalue weighted by atomic mass is 9.96. The van der Waals surface area contributed by atoms with Gasteiger partial charge in [-0.3, -0.25) is 9.69 Å². The van der Waals surface area contributed by atoms with E-state index in [0.717, 1.165) is 38.2 Å². The maximum absolute atomic E-state index is 12.4. The van der Waals surface area contributed by atoms with Crippen molar-refractivity contribution in [3.8, 4) is 5.75 Å². The second-order valence-corrected chi connectivity index (χ2v) is 6.73. The highest BCUT2D eigenvalue weighted by atomic mass is 16.5. The number of hydrogen-bond acceptors (Lipinski definition) is 4. The van der Waals surface area contributed by atoms with Crippen molar-refractivity contribution in [1.29, 1.82) is 0 Å². The number of amides is 1. The number of nitrogens with zero attached hydrogens (tertiary/aromatic N) is 3. The molecule has 1 fully saturated rings. The van der Waals surface area contributed by atoms with Gasteiger partial charge in [0.2, 0.25) is 0 Å². The number of carbonyl (C=O) groups excluding carboxylic acids is 1. The number of aromatic nitrogens is 2. The van der Waals surface area contributed by atoms with Crippen molar-refractivity contribution in [3.05, 3.63) is 53.9 Å². The van der Waals surface area contributed by atoms with Gasteiger partial charge in [0.05, 0.1) is 11.3 Å². The number of hydrogen-bond donors (Lipinski definition) is 1. The Balaban J connectivity index is 1.44. The Hall–Kier alpha value is -2.60. The van der Waals surface area contributed by atoms with E-state index < -0.39 is 5.72 Å². The largest absolute Gasteiger partial charge is 0.467 e. The molecule has 2 aliphatic rings. The van der Waals surface area contributed by atoms with Crippen LogP contribution in [-0.2, 0) is 6.54 Å². The first-order chi connectivity index (χ1) is 12.1. The second kappa shape index (κ2) is 6.04. The minimum Gasteiger partial charge on any atom is -0.467 e. The molecule has 1 N–H and O–H groups in total. The minimum atomic E-state index is -0.581. The maximum atomic E-state index is 12.4. The zero-order valence-corrected chi connectivity index (χ0v) is 14.4. The number of ether oxygens (including phenoxy) is 1. The predicted octanol–water partition coefficient (Wildman–Crippen LogP) is 2.41. The van der Waals surface area contributed by atoms with Gasteiger partial charge < -0.3 is 10.1 Å². The van der Waals surface area contributed by atoms with Gasteiger partial charge in [-0.1, -0.05) is 18.7 Å². The van der Waals surface area contributed by atoms with E-state index in [1.165, 1.54) is 5.56 Å². The lowest BCUT2D eigenvalue weighted by Gasteiger charge is -2.44. The quantitative estimate of drug-likeness (QED) is 0.934. The van der Waals surface area contributed by atoms with Crippen LogP contribution in [0.2, 0.25) is 0 Å². The van der Waals surface area contributed by atoms with Crippen molar-refractivity contribution < 1.29 is 9.53 Å². The number of likely N-dealkylation sites (tertiary alicyclic amines) is 1. The van der Waals surface area contributed by atoms with Gasteiger partial charge in [0.15, 0.2) is 5.72 Å². The van der Waals surface area contributed by atoms with Gasteiger partial charge in [-0.15, -0.1) is 0 Å². The smallest absolute Gasteiger partial charge is 0.258 e. The van der Waals surface area contributed by atoms with Crippen molar-refractivity contribution >= 4 is 12.1 Å². The van der Waals surface area contributed by atoms with Crippen LogP contribution >= 0.6 is 0 Å². The SMILES string of the molecule is C=Cn1cc(CN2CCC3(CC2)NC(=O)c2ccccc2O3)c(C)n1. The molecule has 1 saturated heterocycles. The van der Waals surface area contributed by atoms with E-state index in [1.54, 1.807) is 16.9 Å². The molecule has 3 heterocycles. The fourth-order valence-electron chi connectivity index (χ4n) is 3.56. The molecule has 0 unspecified atom stereocenters. The van der Waals surface area contributed by atoms with Crippen LogP contribution in [0.4, 0.5) is 0 Å². The summed E-state index contributed by atoms with van der Waals surface area (Å²) in [5.74, 6) is 0.640. The molecule has 0 saturated carbocycles. The van der Waals surface area contributed by atoms with Gasteiger partial charge in [-0.2, -0.15) is 5.10 Å². The Kier molecular flexibility index (Phi) is 3.84. The number of carbonyl (C=O) groups is 1. The first-order valence-electron chi connectivity index (χ1n) is 8.59. The van der Waals surface area contributed by atoms with Crippen molar-refractivity contribution in [2.75, 3.05) is 13.1 Å². The lowest BCUT2D eigenvalue weighted by Crippen LogP contribution is -2.60. The highest BCUT2D eigenvalue weighted by molar-refractivity contribution is 5.98. The van der Waals surface area contributed by atoms with Gasteiger partial charge >= 0.3 is 0 Å². The van der Waals surface area contributed by atoms with E-state index in [-0.39, 0.29) is 5.91 Å². The fraction of sp³-hybridized carbons (Fsp3) is 0.368. The highest BCUT2D eigenvalue weighted by Crippen LogP contribution is 2.33. The third-order valence-corrected chi connectivity index (χ3v) is 5.04. The van der Waals surface area contributed by atoms with E-state index in [0.29, 0.717) is 11.3 Å². The van der Waals surface area contributed by atoms with Crippen molar-refractivity contribution in [2.45, 2.75) is 32.0 Å². The number of fused-ring (bicyclic) bond motifs is 1. The Labute approximate surface area is 147 Å².